The van der Waals surface area contributed by atoms with Crippen molar-refractivity contribution < 1.29 is 8.78 Å². The molecule has 0 saturated carbocycles. The van der Waals surface area contributed by atoms with E-state index in [0.29, 0.717) is 17.7 Å². The highest BCUT2D eigenvalue weighted by Crippen LogP contribution is 2.31. The van der Waals surface area contributed by atoms with Crippen LogP contribution >= 0.6 is 11.3 Å². The van der Waals surface area contributed by atoms with Crippen molar-refractivity contribution in [3.8, 4) is 11.1 Å². The van der Waals surface area contributed by atoms with Gasteiger partial charge in [-0.2, -0.15) is 0 Å². The maximum Gasteiger partial charge on any atom is 0.136 e. The molecule has 0 saturated heterocycles. The third-order valence-corrected chi connectivity index (χ3v) is 3.51. The zero-order valence-corrected chi connectivity index (χ0v) is 10.5. The lowest BCUT2D eigenvalue weighted by atomic mass is 10.0. The van der Waals surface area contributed by atoms with Gasteiger partial charge >= 0.3 is 0 Å². The minimum Gasteiger partial charge on any atom is -0.315 e. The van der Waals surface area contributed by atoms with Gasteiger partial charge in [-0.1, -0.05) is 6.07 Å². The summed E-state index contributed by atoms with van der Waals surface area (Å²) in [5.41, 5.74) is 1.14. The predicted molar refractivity (Wildman–Crippen MR) is 67.2 cm³/mol. The summed E-state index contributed by atoms with van der Waals surface area (Å²) in [4.78, 5) is 1.06. The molecular weight excluding hydrogens is 240 g/mol. The Bertz CT molecular complexity index is 534. The second-order valence-corrected chi connectivity index (χ2v) is 4.88. The smallest absolute Gasteiger partial charge is 0.136 e. The van der Waals surface area contributed by atoms with Crippen LogP contribution in [0.5, 0.6) is 0 Å². The zero-order valence-electron chi connectivity index (χ0n) is 9.68. The highest BCUT2D eigenvalue weighted by molar-refractivity contribution is 7.10. The second kappa shape index (κ2) is 4.94. The van der Waals surface area contributed by atoms with Crippen molar-refractivity contribution in [2.45, 2.75) is 13.5 Å². The van der Waals surface area contributed by atoms with Gasteiger partial charge in [0, 0.05) is 11.4 Å². The summed E-state index contributed by atoms with van der Waals surface area (Å²) >= 11 is 1.50. The average molecular weight is 253 g/mol. The number of benzene rings is 1. The van der Waals surface area contributed by atoms with Gasteiger partial charge in [0.05, 0.1) is 5.56 Å². The van der Waals surface area contributed by atoms with Gasteiger partial charge in [0.2, 0.25) is 0 Å². The summed E-state index contributed by atoms with van der Waals surface area (Å²) < 4.78 is 27.6. The molecule has 2 rings (SSSR count). The van der Waals surface area contributed by atoms with Crippen LogP contribution in [0.3, 0.4) is 0 Å². The summed E-state index contributed by atoms with van der Waals surface area (Å²) in [5, 5.41) is 4.80. The fourth-order valence-corrected chi connectivity index (χ4v) is 2.59. The van der Waals surface area contributed by atoms with E-state index >= 15 is 0 Å². The third-order valence-electron chi connectivity index (χ3n) is 2.58. The SMILES string of the molecule is CNCc1cc(-c2c(F)ccc(C)c2F)cs1. The molecule has 0 fully saturated rings. The summed E-state index contributed by atoms with van der Waals surface area (Å²) in [7, 11) is 1.84. The van der Waals surface area contributed by atoms with E-state index in [2.05, 4.69) is 5.32 Å². The number of nitrogens with one attached hydrogen (secondary N) is 1. The van der Waals surface area contributed by atoms with Crippen molar-refractivity contribution in [2.75, 3.05) is 7.05 Å². The molecule has 0 spiro atoms. The molecule has 0 amide bonds. The average Bonchev–Trinajstić information content (AvgIpc) is 2.73. The molecule has 1 nitrogen and oxygen atoms in total. The van der Waals surface area contributed by atoms with E-state index in [4.69, 9.17) is 0 Å². The molecule has 1 aromatic carbocycles. The van der Waals surface area contributed by atoms with Crippen molar-refractivity contribution in [1.29, 1.82) is 0 Å². The molecule has 0 aliphatic carbocycles. The fraction of sp³-hybridized carbons (Fsp3) is 0.231. The van der Waals surface area contributed by atoms with E-state index in [1.807, 2.05) is 13.1 Å². The van der Waals surface area contributed by atoms with Crippen LogP contribution < -0.4 is 5.32 Å². The molecular formula is C13H13F2NS. The lowest BCUT2D eigenvalue weighted by molar-refractivity contribution is 0.584. The molecule has 1 aromatic heterocycles. The molecule has 2 aromatic rings. The first-order chi connectivity index (χ1) is 8.13. The molecule has 0 aliphatic heterocycles. The monoisotopic (exact) mass is 253 g/mol. The van der Waals surface area contributed by atoms with Crippen molar-refractivity contribution in [3.63, 3.8) is 0 Å². The van der Waals surface area contributed by atoms with E-state index in [9.17, 15) is 8.78 Å². The van der Waals surface area contributed by atoms with Gasteiger partial charge in [-0.3, -0.25) is 0 Å². The maximum absolute atomic E-state index is 13.9. The number of thiophene rings is 1. The van der Waals surface area contributed by atoms with Gasteiger partial charge < -0.3 is 5.32 Å². The number of hydrogen-bond donors (Lipinski definition) is 1. The number of halogens is 2. The normalized spacial score (nSPS) is 10.8. The van der Waals surface area contributed by atoms with Crippen molar-refractivity contribution >= 4 is 11.3 Å². The molecule has 0 aliphatic rings. The van der Waals surface area contributed by atoms with E-state index in [1.165, 1.54) is 23.5 Å². The first-order valence-electron chi connectivity index (χ1n) is 5.30. The standard InChI is InChI=1S/C13H13F2NS/c1-8-3-4-11(14)12(13(8)15)9-5-10(6-16-2)17-7-9/h3-5,7,16H,6H2,1-2H3. The van der Waals surface area contributed by atoms with Gasteiger partial charge in [0.1, 0.15) is 11.6 Å². The first-order valence-corrected chi connectivity index (χ1v) is 6.18. The number of rotatable bonds is 3. The zero-order chi connectivity index (χ0) is 12.4. The Morgan fingerprint density at radius 1 is 1.29 bits per heavy atom. The number of hydrogen-bond acceptors (Lipinski definition) is 2. The minimum absolute atomic E-state index is 0.0728. The molecule has 0 atom stereocenters. The third kappa shape index (κ3) is 2.37. The quantitative estimate of drug-likeness (QED) is 0.879. The fourth-order valence-electron chi connectivity index (χ4n) is 1.70. The van der Waals surface area contributed by atoms with E-state index in [-0.39, 0.29) is 5.56 Å². The van der Waals surface area contributed by atoms with Crippen LogP contribution in [0.25, 0.3) is 11.1 Å². The Morgan fingerprint density at radius 3 is 2.76 bits per heavy atom. The van der Waals surface area contributed by atoms with Crippen LogP contribution in [-0.2, 0) is 6.54 Å². The second-order valence-electron chi connectivity index (χ2n) is 3.89. The molecule has 0 unspecified atom stereocenters. The van der Waals surface area contributed by atoms with Crippen LogP contribution in [0, 0.1) is 18.6 Å². The number of aryl methyl sites for hydroxylation is 1. The molecule has 0 bridgehead atoms. The van der Waals surface area contributed by atoms with Gasteiger partial charge in [0.15, 0.2) is 0 Å². The van der Waals surface area contributed by atoms with Crippen LogP contribution in [-0.4, -0.2) is 7.05 Å². The lowest BCUT2D eigenvalue weighted by Crippen LogP contribution is -2.02. The first kappa shape index (κ1) is 12.2. The summed E-state index contributed by atoms with van der Waals surface area (Å²) in [6.45, 7) is 2.35. The van der Waals surface area contributed by atoms with Gasteiger partial charge in [-0.05, 0) is 42.6 Å². The Morgan fingerprint density at radius 2 is 2.06 bits per heavy atom. The highest BCUT2D eigenvalue weighted by atomic mass is 32.1. The van der Waals surface area contributed by atoms with Gasteiger partial charge in [-0.25, -0.2) is 8.78 Å². The van der Waals surface area contributed by atoms with E-state index in [0.717, 1.165) is 4.88 Å². The van der Waals surface area contributed by atoms with Crippen molar-refractivity contribution in [2.24, 2.45) is 0 Å². The summed E-state index contributed by atoms with van der Waals surface area (Å²) in [6.07, 6.45) is 0. The summed E-state index contributed by atoms with van der Waals surface area (Å²) in [6, 6.07) is 4.58. The van der Waals surface area contributed by atoms with Crippen molar-refractivity contribution in [3.05, 3.63) is 45.7 Å². The molecule has 0 radical (unpaired) electrons. The molecule has 1 N–H and O–H groups in total. The Kier molecular flexibility index (Phi) is 3.54. The largest absolute Gasteiger partial charge is 0.315 e. The van der Waals surface area contributed by atoms with Crippen molar-refractivity contribution in [1.82, 2.24) is 5.32 Å². The van der Waals surface area contributed by atoms with Gasteiger partial charge in [0.25, 0.3) is 0 Å². The van der Waals surface area contributed by atoms with Crippen LogP contribution in [0.2, 0.25) is 0 Å². The molecule has 90 valence electrons. The summed E-state index contributed by atoms with van der Waals surface area (Å²) in [5.74, 6) is -0.985. The van der Waals surface area contributed by atoms with Crippen LogP contribution in [0.4, 0.5) is 8.78 Å². The maximum atomic E-state index is 13.9. The Balaban J connectivity index is 2.48. The van der Waals surface area contributed by atoms with Crippen LogP contribution in [0.15, 0.2) is 23.6 Å². The molecule has 1 heterocycles. The van der Waals surface area contributed by atoms with E-state index in [1.54, 1.807) is 12.3 Å². The van der Waals surface area contributed by atoms with E-state index < -0.39 is 11.6 Å². The Hall–Kier alpha value is -1.26. The highest BCUT2D eigenvalue weighted by Gasteiger charge is 2.14. The topological polar surface area (TPSA) is 12.0 Å². The lowest BCUT2D eigenvalue weighted by Gasteiger charge is -2.05. The molecule has 4 heteroatoms. The minimum atomic E-state index is -0.512. The Labute approximate surface area is 103 Å². The van der Waals surface area contributed by atoms with Gasteiger partial charge in [-0.15, -0.1) is 11.3 Å². The molecule has 17 heavy (non-hydrogen) atoms. The van der Waals surface area contributed by atoms with Crippen LogP contribution in [0.1, 0.15) is 10.4 Å². The predicted octanol–water partition coefficient (Wildman–Crippen LogP) is 3.72.